The van der Waals surface area contributed by atoms with Gasteiger partial charge in [0.15, 0.2) is 11.5 Å². The molecular weight excluding hydrogens is 346 g/mol. The van der Waals surface area contributed by atoms with Crippen molar-refractivity contribution in [3.05, 3.63) is 53.1 Å². The van der Waals surface area contributed by atoms with E-state index in [1.54, 1.807) is 11.8 Å². The molecule has 1 heterocycles. The van der Waals surface area contributed by atoms with Crippen LogP contribution in [0.15, 0.2) is 47.4 Å². The van der Waals surface area contributed by atoms with Crippen molar-refractivity contribution < 1.29 is 14.3 Å². The molecule has 1 N–H and O–H groups in total. The van der Waals surface area contributed by atoms with E-state index < -0.39 is 0 Å². The Hall–Kier alpha value is -1.85. The molecule has 0 radical (unpaired) electrons. The van der Waals surface area contributed by atoms with Crippen LogP contribution in [-0.2, 0) is 11.2 Å². The molecule has 0 unspecified atom stereocenters. The first-order chi connectivity index (χ1) is 11.7. The average Bonchev–Trinajstić information content (AvgIpc) is 3.06. The van der Waals surface area contributed by atoms with Gasteiger partial charge in [0.2, 0.25) is 12.7 Å². The smallest absolute Gasteiger partial charge is 0.231 e. The topological polar surface area (TPSA) is 47.6 Å². The number of fused-ring (bicyclic) bond motifs is 1. The second-order valence-electron chi connectivity index (χ2n) is 5.34. The first-order valence-electron chi connectivity index (χ1n) is 7.74. The Morgan fingerprint density at radius 2 is 1.92 bits per heavy atom. The van der Waals surface area contributed by atoms with Crippen LogP contribution in [0.3, 0.4) is 0 Å². The standard InChI is InChI=1S/C18H18ClNO3S/c19-14-3-5-15(6-4-14)24-10-9-20-18(21)8-2-13-1-7-16-17(11-13)23-12-22-16/h1,3-7,11H,2,8-10,12H2,(H,20,21). The lowest BCUT2D eigenvalue weighted by molar-refractivity contribution is -0.120. The van der Waals surface area contributed by atoms with Crippen LogP contribution in [0.5, 0.6) is 11.5 Å². The summed E-state index contributed by atoms with van der Waals surface area (Å²) in [5.74, 6) is 2.41. The molecule has 1 amide bonds. The fourth-order valence-electron chi connectivity index (χ4n) is 2.33. The highest BCUT2D eigenvalue weighted by Gasteiger charge is 2.13. The van der Waals surface area contributed by atoms with Gasteiger partial charge in [-0.05, 0) is 48.4 Å². The summed E-state index contributed by atoms with van der Waals surface area (Å²) in [5.41, 5.74) is 1.07. The number of rotatable bonds is 7. The van der Waals surface area contributed by atoms with Gasteiger partial charge in [-0.3, -0.25) is 4.79 Å². The van der Waals surface area contributed by atoms with Gasteiger partial charge < -0.3 is 14.8 Å². The summed E-state index contributed by atoms with van der Waals surface area (Å²) in [6.45, 7) is 0.915. The fourth-order valence-corrected chi connectivity index (χ4v) is 3.23. The van der Waals surface area contributed by atoms with Crippen LogP contribution in [0.1, 0.15) is 12.0 Å². The highest BCUT2D eigenvalue weighted by molar-refractivity contribution is 7.99. The molecule has 2 aromatic rings. The molecule has 0 aliphatic carbocycles. The van der Waals surface area contributed by atoms with E-state index in [1.807, 2.05) is 42.5 Å². The minimum atomic E-state index is 0.0596. The van der Waals surface area contributed by atoms with E-state index >= 15 is 0 Å². The first kappa shape index (κ1) is 17.0. The quantitative estimate of drug-likeness (QED) is 0.598. The molecule has 1 aliphatic heterocycles. The van der Waals surface area contributed by atoms with Crippen molar-refractivity contribution in [2.45, 2.75) is 17.7 Å². The van der Waals surface area contributed by atoms with Crippen LogP contribution in [-0.4, -0.2) is 25.0 Å². The molecule has 2 aromatic carbocycles. The van der Waals surface area contributed by atoms with Crippen molar-refractivity contribution >= 4 is 29.3 Å². The lowest BCUT2D eigenvalue weighted by Gasteiger charge is -2.06. The highest BCUT2D eigenvalue weighted by Crippen LogP contribution is 2.32. The molecule has 0 fully saturated rings. The molecule has 4 nitrogen and oxygen atoms in total. The van der Waals surface area contributed by atoms with Gasteiger partial charge in [-0.1, -0.05) is 17.7 Å². The van der Waals surface area contributed by atoms with Crippen molar-refractivity contribution in [3.8, 4) is 11.5 Å². The van der Waals surface area contributed by atoms with E-state index in [-0.39, 0.29) is 12.7 Å². The van der Waals surface area contributed by atoms with Crippen LogP contribution >= 0.6 is 23.4 Å². The lowest BCUT2D eigenvalue weighted by Crippen LogP contribution is -2.25. The van der Waals surface area contributed by atoms with E-state index in [0.717, 1.165) is 32.7 Å². The Kier molecular flexibility index (Phi) is 5.88. The van der Waals surface area contributed by atoms with Crippen LogP contribution in [0.2, 0.25) is 5.02 Å². The number of halogens is 1. The summed E-state index contributed by atoms with van der Waals surface area (Å²) in [6.07, 6.45) is 1.15. The monoisotopic (exact) mass is 363 g/mol. The third-order valence-electron chi connectivity index (χ3n) is 3.58. The Morgan fingerprint density at radius 1 is 1.12 bits per heavy atom. The van der Waals surface area contributed by atoms with E-state index in [1.165, 1.54) is 0 Å². The summed E-state index contributed by atoms with van der Waals surface area (Å²) in [4.78, 5) is 13.1. The van der Waals surface area contributed by atoms with E-state index in [9.17, 15) is 4.79 Å². The number of aryl methyl sites for hydroxylation is 1. The van der Waals surface area contributed by atoms with Crippen molar-refractivity contribution in [1.82, 2.24) is 5.32 Å². The molecule has 0 saturated carbocycles. The zero-order chi connectivity index (χ0) is 16.8. The third kappa shape index (κ3) is 4.82. The summed E-state index contributed by atoms with van der Waals surface area (Å²) in [6, 6.07) is 13.5. The number of amides is 1. The largest absolute Gasteiger partial charge is 0.454 e. The molecule has 24 heavy (non-hydrogen) atoms. The second kappa shape index (κ2) is 8.31. The second-order valence-corrected chi connectivity index (χ2v) is 6.94. The predicted molar refractivity (Wildman–Crippen MR) is 96.1 cm³/mol. The van der Waals surface area contributed by atoms with E-state index in [0.29, 0.717) is 19.4 Å². The molecule has 3 rings (SSSR count). The number of thioether (sulfide) groups is 1. The molecule has 0 bridgehead atoms. The van der Waals surface area contributed by atoms with Crippen LogP contribution in [0.4, 0.5) is 0 Å². The number of hydrogen-bond donors (Lipinski definition) is 1. The minimum Gasteiger partial charge on any atom is -0.454 e. The van der Waals surface area contributed by atoms with E-state index in [4.69, 9.17) is 21.1 Å². The van der Waals surface area contributed by atoms with Gasteiger partial charge in [0, 0.05) is 28.6 Å². The Morgan fingerprint density at radius 3 is 2.75 bits per heavy atom. The maximum atomic E-state index is 11.9. The Bertz CT molecular complexity index is 706. The fraction of sp³-hybridized carbons (Fsp3) is 0.278. The van der Waals surface area contributed by atoms with Crippen molar-refractivity contribution in [2.24, 2.45) is 0 Å². The molecular formula is C18H18ClNO3S. The van der Waals surface area contributed by atoms with Crippen LogP contribution in [0, 0.1) is 0 Å². The number of benzene rings is 2. The number of ether oxygens (including phenoxy) is 2. The Balaban J connectivity index is 1.34. The van der Waals surface area contributed by atoms with Gasteiger partial charge >= 0.3 is 0 Å². The zero-order valence-corrected chi connectivity index (χ0v) is 14.7. The summed E-state index contributed by atoms with van der Waals surface area (Å²) in [7, 11) is 0. The average molecular weight is 364 g/mol. The van der Waals surface area contributed by atoms with Crippen molar-refractivity contribution in [1.29, 1.82) is 0 Å². The number of hydrogen-bond acceptors (Lipinski definition) is 4. The van der Waals surface area contributed by atoms with Gasteiger partial charge in [0.05, 0.1) is 0 Å². The summed E-state index contributed by atoms with van der Waals surface area (Å²) < 4.78 is 10.6. The summed E-state index contributed by atoms with van der Waals surface area (Å²) in [5, 5.41) is 3.68. The number of nitrogens with one attached hydrogen (secondary N) is 1. The molecule has 1 aliphatic rings. The van der Waals surface area contributed by atoms with Gasteiger partial charge in [-0.15, -0.1) is 11.8 Å². The third-order valence-corrected chi connectivity index (χ3v) is 4.85. The Labute approximate surface area is 150 Å². The van der Waals surface area contributed by atoms with Crippen LogP contribution < -0.4 is 14.8 Å². The number of carbonyl (C=O) groups is 1. The van der Waals surface area contributed by atoms with Crippen molar-refractivity contribution in [3.63, 3.8) is 0 Å². The number of carbonyl (C=O) groups excluding carboxylic acids is 1. The van der Waals surface area contributed by atoms with Crippen molar-refractivity contribution in [2.75, 3.05) is 19.1 Å². The molecule has 6 heteroatoms. The molecule has 0 spiro atoms. The van der Waals surface area contributed by atoms with Gasteiger partial charge in [-0.25, -0.2) is 0 Å². The molecule has 0 saturated heterocycles. The molecule has 0 atom stereocenters. The summed E-state index contributed by atoms with van der Waals surface area (Å²) >= 11 is 7.55. The minimum absolute atomic E-state index is 0.0596. The van der Waals surface area contributed by atoms with Gasteiger partial charge in [0.1, 0.15) is 0 Å². The molecule has 0 aromatic heterocycles. The zero-order valence-electron chi connectivity index (χ0n) is 13.1. The molecule has 126 valence electrons. The van der Waals surface area contributed by atoms with Crippen LogP contribution in [0.25, 0.3) is 0 Å². The first-order valence-corrected chi connectivity index (χ1v) is 9.11. The predicted octanol–water partition coefficient (Wildman–Crippen LogP) is 3.91. The van der Waals surface area contributed by atoms with Gasteiger partial charge in [-0.2, -0.15) is 0 Å². The van der Waals surface area contributed by atoms with E-state index in [2.05, 4.69) is 5.32 Å². The van der Waals surface area contributed by atoms with Gasteiger partial charge in [0.25, 0.3) is 0 Å². The lowest BCUT2D eigenvalue weighted by atomic mass is 10.1. The highest BCUT2D eigenvalue weighted by atomic mass is 35.5. The maximum Gasteiger partial charge on any atom is 0.231 e. The SMILES string of the molecule is O=C(CCc1ccc2c(c1)OCO2)NCCSc1ccc(Cl)cc1. The maximum absolute atomic E-state index is 11.9. The normalized spacial score (nSPS) is 12.2.